The fourth-order valence-corrected chi connectivity index (χ4v) is 9.57. The lowest BCUT2D eigenvalue weighted by molar-refractivity contribution is 0.360. The maximum absolute atomic E-state index is 6.27. The van der Waals surface area contributed by atoms with Crippen molar-refractivity contribution in [1.29, 1.82) is 0 Å². The number of nitrogens with zero attached hydrogens (tertiary/aromatic N) is 4. The van der Waals surface area contributed by atoms with E-state index in [1.54, 1.807) is 0 Å². The fraction of sp³-hybridized carbons (Fsp3) is 0.0400. The second-order valence-electron chi connectivity index (χ2n) is 15.0. The van der Waals surface area contributed by atoms with Crippen LogP contribution >= 0.6 is 0 Å². The van der Waals surface area contributed by atoms with Crippen LogP contribution in [0.4, 0.5) is 0 Å². The van der Waals surface area contributed by atoms with E-state index in [0.717, 1.165) is 55.6 Å². The van der Waals surface area contributed by atoms with Gasteiger partial charge in [0.15, 0.2) is 28.8 Å². The molecule has 0 radical (unpaired) electrons. The van der Waals surface area contributed by atoms with Gasteiger partial charge in [-0.2, -0.15) is 0 Å². The Morgan fingerprint density at radius 1 is 0.554 bits per heavy atom. The molecule has 4 aliphatic rings. The maximum Gasteiger partial charge on any atom is 0.170 e. The quantitative estimate of drug-likeness (QED) is 0.182. The number of allylic oxidation sites excluding steroid dienone is 6. The van der Waals surface area contributed by atoms with Crippen molar-refractivity contribution in [3.8, 4) is 45.8 Å². The van der Waals surface area contributed by atoms with Crippen LogP contribution in [0.3, 0.4) is 0 Å². The summed E-state index contributed by atoms with van der Waals surface area (Å²) in [5, 5.41) is 4.72. The van der Waals surface area contributed by atoms with Crippen molar-refractivity contribution in [2.24, 2.45) is 5.92 Å². The van der Waals surface area contributed by atoms with Crippen LogP contribution in [0.1, 0.15) is 22.6 Å². The van der Waals surface area contributed by atoms with E-state index in [4.69, 9.17) is 19.4 Å². The zero-order chi connectivity index (χ0) is 36.5. The molecule has 9 aromatic rings. The van der Waals surface area contributed by atoms with Gasteiger partial charge in [-0.05, 0) is 76.9 Å². The molecule has 0 bridgehead atoms. The molecule has 0 saturated heterocycles. The van der Waals surface area contributed by atoms with Crippen LogP contribution in [0.25, 0.3) is 78.5 Å². The molecule has 2 unspecified atom stereocenters. The second-order valence-corrected chi connectivity index (χ2v) is 15.0. The van der Waals surface area contributed by atoms with Crippen molar-refractivity contribution in [2.75, 3.05) is 0 Å². The van der Waals surface area contributed by atoms with Crippen molar-refractivity contribution >= 4 is 55.8 Å². The molecular weight excluding hydrogens is 689 g/mol. The number of fused-ring (bicyclic) bond motifs is 9. The normalized spacial score (nSPS) is 17.1. The topological polar surface area (TPSA) is 54.1 Å². The number of hydrogen-bond donors (Lipinski definition) is 0. The van der Waals surface area contributed by atoms with E-state index in [9.17, 15) is 0 Å². The third-order valence-electron chi connectivity index (χ3n) is 12.0. The molecule has 0 amide bonds. The van der Waals surface area contributed by atoms with Crippen molar-refractivity contribution < 1.29 is 9.47 Å². The molecule has 13 rings (SSSR count). The number of para-hydroxylation sites is 4. The highest BCUT2D eigenvalue weighted by atomic mass is 16.6. The molecule has 6 aromatic carbocycles. The van der Waals surface area contributed by atoms with Gasteiger partial charge in [-0.1, -0.05) is 103 Å². The minimum absolute atomic E-state index is 0.359. The summed E-state index contributed by atoms with van der Waals surface area (Å²) in [6.07, 6.45) is 19.8. The summed E-state index contributed by atoms with van der Waals surface area (Å²) in [5.74, 6) is 4.19. The number of ether oxygens (including phenoxy) is 2. The molecule has 0 spiro atoms. The highest BCUT2D eigenvalue weighted by Crippen LogP contribution is 2.50. The van der Waals surface area contributed by atoms with E-state index in [0.29, 0.717) is 34.8 Å². The van der Waals surface area contributed by atoms with Crippen molar-refractivity contribution in [3.63, 3.8) is 0 Å². The fourth-order valence-electron chi connectivity index (χ4n) is 9.57. The minimum Gasteiger partial charge on any atom is -0.450 e. The Bertz CT molecular complexity index is 3340. The maximum atomic E-state index is 6.27. The predicted molar refractivity (Wildman–Crippen MR) is 224 cm³/mol. The standard InChI is InChI=1S/C50H30N4O2/c1-3-12-40-35(10-1)37-21-22-38-36-11-2-4-13-41(36)54(46-28-51-27-39(52-46)31-20-23-44-45(26-31)56-43-15-6-5-14-42(43)55-44)50(38)49(37)53(40)34-24-32-18-16-29-8-7-9-30-17-19-33(25-34)48(32)47(29)30/h1-29,47H. The first kappa shape index (κ1) is 29.9. The van der Waals surface area contributed by atoms with Gasteiger partial charge in [-0.3, -0.25) is 9.55 Å². The van der Waals surface area contributed by atoms with Crippen molar-refractivity contribution in [2.45, 2.75) is 5.92 Å². The van der Waals surface area contributed by atoms with E-state index < -0.39 is 0 Å². The molecule has 3 aliphatic carbocycles. The van der Waals surface area contributed by atoms with Crippen molar-refractivity contribution in [1.82, 2.24) is 19.1 Å². The van der Waals surface area contributed by atoms with E-state index in [1.807, 2.05) is 54.9 Å². The predicted octanol–water partition coefficient (Wildman–Crippen LogP) is 12.5. The first-order chi connectivity index (χ1) is 27.7. The van der Waals surface area contributed by atoms with Crippen LogP contribution in [0.5, 0.6) is 23.0 Å². The summed E-state index contributed by atoms with van der Waals surface area (Å²) in [6, 6.07) is 40.4. The van der Waals surface area contributed by atoms with Gasteiger partial charge in [0.25, 0.3) is 0 Å². The van der Waals surface area contributed by atoms with E-state index in [1.165, 1.54) is 33.0 Å². The van der Waals surface area contributed by atoms with Crippen LogP contribution in [-0.4, -0.2) is 19.1 Å². The number of aromatic nitrogens is 4. The SMILES string of the molecule is C1=CC2C=Cc3cc(-n4c5ccccc5c5ccc6c7ccccc7n(-c7cncc(-c8ccc9c(c8)Oc8ccccc8O9)n7)c6c54)cc4c3C2C(=C1)C=C4. The average molecular weight is 719 g/mol. The lowest BCUT2D eigenvalue weighted by Crippen LogP contribution is -2.21. The summed E-state index contributed by atoms with van der Waals surface area (Å²) in [4.78, 5) is 10.1. The molecule has 0 N–H and O–H groups in total. The van der Waals surface area contributed by atoms with Gasteiger partial charge >= 0.3 is 0 Å². The summed E-state index contributed by atoms with van der Waals surface area (Å²) >= 11 is 0. The Morgan fingerprint density at radius 2 is 1.23 bits per heavy atom. The minimum atomic E-state index is 0.359. The number of hydrogen-bond acceptors (Lipinski definition) is 4. The van der Waals surface area contributed by atoms with Gasteiger partial charge in [0.1, 0.15) is 0 Å². The number of rotatable bonds is 3. The van der Waals surface area contributed by atoms with Gasteiger partial charge in [0, 0.05) is 44.6 Å². The van der Waals surface area contributed by atoms with Gasteiger partial charge in [-0.25, -0.2) is 4.98 Å². The molecule has 1 aliphatic heterocycles. The highest BCUT2D eigenvalue weighted by molar-refractivity contribution is 6.23. The Labute approximate surface area is 321 Å². The second kappa shape index (κ2) is 11.1. The third kappa shape index (κ3) is 4.10. The average Bonchev–Trinajstić information content (AvgIpc) is 3.78. The molecular formula is C50H30N4O2. The van der Waals surface area contributed by atoms with Crippen LogP contribution in [0.15, 0.2) is 164 Å². The van der Waals surface area contributed by atoms with Crippen LogP contribution < -0.4 is 9.47 Å². The zero-order valence-electron chi connectivity index (χ0n) is 29.9. The van der Waals surface area contributed by atoms with Gasteiger partial charge in [0.2, 0.25) is 0 Å². The van der Waals surface area contributed by atoms with Crippen LogP contribution in [-0.2, 0) is 0 Å². The van der Waals surface area contributed by atoms with E-state index in [2.05, 4.69) is 124 Å². The van der Waals surface area contributed by atoms with Crippen LogP contribution in [0, 0.1) is 5.92 Å². The molecule has 262 valence electrons. The first-order valence-corrected chi connectivity index (χ1v) is 19.0. The van der Waals surface area contributed by atoms with E-state index >= 15 is 0 Å². The summed E-state index contributed by atoms with van der Waals surface area (Å²) in [7, 11) is 0. The van der Waals surface area contributed by atoms with Gasteiger partial charge in [-0.15, -0.1) is 0 Å². The first-order valence-electron chi connectivity index (χ1n) is 19.0. The highest BCUT2D eigenvalue weighted by Gasteiger charge is 2.33. The molecule has 6 nitrogen and oxygen atoms in total. The van der Waals surface area contributed by atoms with Gasteiger partial charge in [0.05, 0.1) is 40.2 Å². The van der Waals surface area contributed by atoms with E-state index in [-0.39, 0.29) is 0 Å². The monoisotopic (exact) mass is 718 g/mol. The van der Waals surface area contributed by atoms with Crippen molar-refractivity contribution in [3.05, 3.63) is 180 Å². The lowest BCUT2D eigenvalue weighted by Gasteiger charge is -2.35. The largest absolute Gasteiger partial charge is 0.450 e. The molecule has 6 heteroatoms. The summed E-state index contributed by atoms with van der Waals surface area (Å²) < 4.78 is 17.2. The van der Waals surface area contributed by atoms with Crippen LogP contribution in [0.2, 0.25) is 0 Å². The third-order valence-corrected chi connectivity index (χ3v) is 12.0. The van der Waals surface area contributed by atoms with Gasteiger partial charge < -0.3 is 14.0 Å². The molecule has 0 saturated carbocycles. The Kier molecular flexibility index (Phi) is 5.91. The summed E-state index contributed by atoms with van der Waals surface area (Å²) in [6.45, 7) is 0. The number of benzene rings is 6. The zero-order valence-corrected chi connectivity index (χ0v) is 29.9. The molecule has 3 aromatic heterocycles. The molecule has 4 heterocycles. The Hall–Kier alpha value is -7.44. The molecule has 56 heavy (non-hydrogen) atoms. The smallest absolute Gasteiger partial charge is 0.170 e. The summed E-state index contributed by atoms with van der Waals surface area (Å²) in [5.41, 5.74) is 12.6. The Balaban J connectivity index is 1.06. The Morgan fingerprint density at radius 3 is 2.04 bits per heavy atom. The molecule has 0 fully saturated rings. The molecule has 2 atom stereocenters. The lowest BCUT2D eigenvalue weighted by atomic mass is 9.69.